The van der Waals surface area contributed by atoms with E-state index in [1.165, 1.54) is 5.39 Å². The minimum absolute atomic E-state index is 0.0319. The molecule has 0 bridgehead atoms. The molecule has 0 aromatic heterocycles. The third-order valence-electron chi connectivity index (χ3n) is 5.42. The van der Waals surface area contributed by atoms with E-state index in [1.807, 2.05) is 48.5 Å². The molecule has 1 aliphatic heterocycles. The number of carbonyl (C=O) groups excluding carboxylic acids is 1. The summed E-state index contributed by atoms with van der Waals surface area (Å²) in [5.74, 6) is 0.134. The molecule has 1 N–H and O–H groups in total. The Labute approximate surface area is 175 Å². The van der Waals surface area contributed by atoms with Gasteiger partial charge in [-0.25, -0.2) is 0 Å². The molecular weight excluding hydrogens is 391 g/mol. The van der Waals surface area contributed by atoms with E-state index in [1.54, 1.807) is 0 Å². The number of hydrogen-bond acceptors (Lipinski definition) is 2. The molecule has 144 valence electrons. The van der Waals surface area contributed by atoms with Crippen molar-refractivity contribution in [2.75, 3.05) is 18.4 Å². The molecule has 28 heavy (non-hydrogen) atoms. The topological polar surface area (TPSA) is 32.3 Å². The van der Waals surface area contributed by atoms with E-state index < -0.39 is 0 Å². The van der Waals surface area contributed by atoms with Crippen LogP contribution >= 0.6 is 23.2 Å². The highest BCUT2D eigenvalue weighted by molar-refractivity contribution is 6.35. The first-order valence-corrected chi connectivity index (χ1v) is 10.3. The number of amides is 1. The Morgan fingerprint density at radius 2 is 1.61 bits per heavy atom. The molecule has 1 saturated heterocycles. The van der Waals surface area contributed by atoms with Gasteiger partial charge < -0.3 is 5.32 Å². The van der Waals surface area contributed by atoms with Crippen molar-refractivity contribution in [1.82, 2.24) is 4.90 Å². The van der Waals surface area contributed by atoms with Gasteiger partial charge in [-0.05, 0) is 61.0 Å². The van der Waals surface area contributed by atoms with Gasteiger partial charge in [0.25, 0.3) is 0 Å². The number of halogens is 2. The van der Waals surface area contributed by atoms with Crippen molar-refractivity contribution in [3.8, 4) is 0 Å². The smallest absolute Gasteiger partial charge is 0.227 e. The van der Waals surface area contributed by atoms with Gasteiger partial charge in [-0.1, -0.05) is 59.6 Å². The van der Waals surface area contributed by atoms with E-state index in [9.17, 15) is 4.79 Å². The van der Waals surface area contributed by atoms with Crippen LogP contribution in [0.15, 0.2) is 60.7 Å². The number of rotatable bonds is 4. The van der Waals surface area contributed by atoms with Gasteiger partial charge in [-0.15, -0.1) is 0 Å². The summed E-state index contributed by atoms with van der Waals surface area (Å²) in [7, 11) is 0. The summed E-state index contributed by atoms with van der Waals surface area (Å²) in [6.45, 7) is 2.44. The molecule has 3 aromatic carbocycles. The standard InChI is InChI=1S/C23H22Cl2N2O/c24-21-6-3-7-22(25)20(21)15-27-12-10-17(11-13-27)23(28)26-19-9-8-16-4-1-2-5-18(16)14-19/h1-9,14,17H,10-13,15H2,(H,26,28). The van der Waals surface area contributed by atoms with E-state index in [-0.39, 0.29) is 11.8 Å². The van der Waals surface area contributed by atoms with E-state index in [0.29, 0.717) is 10.0 Å². The largest absolute Gasteiger partial charge is 0.326 e. The van der Waals surface area contributed by atoms with E-state index in [0.717, 1.165) is 49.1 Å². The lowest BCUT2D eigenvalue weighted by Gasteiger charge is -2.31. The molecule has 4 rings (SSSR count). The minimum Gasteiger partial charge on any atom is -0.326 e. The predicted molar refractivity (Wildman–Crippen MR) is 117 cm³/mol. The van der Waals surface area contributed by atoms with Crippen molar-refractivity contribution in [1.29, 1.82) is 0 Å². The molecule has 1 amide bonds. The summed E-state index contributed by atoms with van der Waals surface area (Å²) >= 11 is 12.6. The molecule has 0 unspecified atom stereocenters. The molecule has 1 heterocycles. The lowest BCUT2D eigenvalue weighted by molar-refractivity contribution is -0.121. The van der Waals surface area contributed by atoms with Crippen LogP contribution in [0, 0.1) is 5.92 Å². The lowest BCUT2D eigenvalue weighted by Crippen LogP contribution is -2.37. The molecule has 0 atom stereocenters. The molecule has 3 nitrogen and oxygen atoms in total. The highest BCUT2D eigenvalue weighted by Crippen LogP contribution is 2.28. The van der Waals surface area contributed by atoms with Crippen LogP contribution in [0.2, 0.25) is 10.0 Å². The summed E-state index contributed by atoms with van der Waals surface area (Å²) < 4.78 is 0. The molecule has 0 radical (unpaired) electrons. The van der Waals surface area contributed by atoms with Gasteiger partial charge in [-0.3, -0.25) is 9.69 Å². The maximum absolute atomic E-state index is 12.7. The van der Waals surface area contributed by atoms with Crippen LogP contribution in [0.5, 0.6) is 0 Å². The van der Waals surface area contributed by atoms with Gasteiger partial charge in [0.05, 0.1) is 0 Å². The van der Waals surface area contributed by atoms with Crippen molar-refractivity contribution in [3.63, 3.8) is 0 Å². The van der Waals surface area contributed by atoms with Gasteiger partial charge in [0.1, 0.15) is 0 Å². The SMILES string of the molecule is O=C(Nc1ccc2ccccc2c1)C1CCN(Cc2c(Cl)cccc2Cl)CC1. The van der Waals surface area contributed by atoms with E-state index in [4.69, 9.17) is 23.2 Å². The highest BCUT2D eigenvalue weighted by atomic mass is 35.5. The molecular formula is C23H22Cl2N2O. The van der Waals surface area contributed by atoms with Crippen molar-refractivity contribution >= 4 is 45.6 Å². The third kappa shape index (κ3) is 4.33. The van der Waals surface area contributed by atoms with E-state index >= 15 is 0 Å². The zero-order valence-electron chi connectivity index (χ0n) is 15.5. The fraction of sp³-hybridized carbons (Fsp3) is 0.261. The first kappa shape index (κ1) is 19.3. The minimum atomic E-state index is 0.0319. The average molecular weight is 413 g/mol. The number of likely N-dealkylation sites (tertiary alicyclic amines) is 1. The van der Waals surface area contributed by atoms with Gasteiger partial charge in [0, 0.05) is 33.8 Å². The van der Waals surface area contributed by atoms with Gasteiger partial charge in [-0.2, -0.15) is 0 Å². The number of anilines is 1. The maximum atomic E-state index is 12.7. The number of fused-ring (bicyclic) bond motifs is 1. The molecule has 0 aliphatic carbocycles. The maximum Gasteiger partial charge on any atom is 0.227 e. The molecule has 1 fully saturated rings. The van der Waals surface area contributed by atoms with Crippen molar-refractivity contribution in [2.24, 2.45) is 5.92 Å². The van der Waals surface area contributed by atoms with E-state index in [2.05, 4.69) is 22.3 Å². The third-order valence-corrected chi connectivity index (χ3v) is 6.13. The molecule has 3 aromatic rings. The van der Waals surface area contributed by atoms with Gasteiger partial charge in [0.15, 0.2) is 0 Å². The summed E-state index contributed by atoms with van der Waals surface area (Å²) in [4.78, 5) is 15.0. The molecule has 5 heteroatoms. The fourth-order valence-electron chi connectivity index (χ4n) is 3.77. The fourth-order valence-corrected chi connectivity index (χ4v) is 4.29. The lowest BCUT2D eigenvalue weighted by atomic mass is 9.95. The Hall–Kier alpha value is -2.07. The first-order chi connectivity index (χ1) is 13.6. The van der Waals surface area contributed by atoms with Crippen molar-refractivity contribution < 1.29 is 4.79 Å². The number of nitrogens with zero attached hydrogens (tertiary/aromatic N) is 1. The average Bonchev–Trinajstić information content (AvgIpc) is 2.71. The summed E-state index contributed by atoms with van der Waals surface area (Å²) in [5.41, 5.74) is 1.82. The van der Waals surface area contributed by atoms with Gasteiger partial charge >= 0.3 is 0 Å². The van der Waals surface area contributed by atoms with Crippen LogP contribution in [0.25, 0.3) is 10.8 Å². The van der Waals surface area contributed by atoms with Crippen molar-refractivity contribution in [2.45, 2.75) is 19.4 Å². The number of nitrogens with one attached hydrogen (secondary N) is 1. The monoisotopic (exact) mass is 412 g/mol. The summed E-state index contributed by atoms with van der Waals surface area (Å²) in [5, 5.41) is 6.79. The van der Waals surface area contributed by atoms with Crippen LogP contribution in [-0.2, 0) is 11.3 Å². The second kappa shape index (κ2) is 8.52. The zero-order chi connectivity index (χ0) is 19.5. The predicted octanol–water partition coefficient (Wildman–Crippen LogP) is 6.00. The van der Waals surface area contributed by atoms with Gasteiger partial charge in [0.2, 0.25) is 5.91 Å². The number of carbonyl (C=O) groups is 1. The van der Waals surface area contributed by atoms with Crippen LogP contribution in [-0.4, -0.2) is 23.9 Å². The molecule has 1 aliphatic rings. The Kier molecular flexibility index (Phi) is 5.86. The first-order valence-electron chi connectivity index (χ1n) is 9.55. The summed E-state index contributed by atoms with van der Waals surface area (Å²) in [6.07, 6.45) is 1.67. The Morgan fingerprint density at radius 3 is 2.32 bits per heavy atom. The number of piperidine rings is 1. The second-order valence-electron chi connectivity index (χ2n) is 7.30. The Bertz CT molecular complexity index is 977. The molecule has 0 spiro atoms. The van der Waals surface area contributed by atoms with Crippen LogP contribution in [0.4, 0.5) is 5.69 Å². The molecule has 0 saturated carbocycles. The van der Waals surface area contributed by atoms with Crippen molar-refractivity contribution in [3.05, 3.63) is 76.3 Å². The Balaban J connectivity index is 1.34. The zero-order valence-corrected chi connectivity index (χ0v) is 17.0. The normalized spacial score (nSPS) is 15.6. The highest BCUT2D eigenvalue weighted by Gasteiger charge is 2.25. The number of hydrogen-bond donors (Lipinski definition) is 1. The summed E-state index contributed by atoms with van der Waals surface area (Å²) in [6, 6.07) is 19.8. The quantitative estimate of drug-likeness (QED) is 0.569. The van der Waals surface area contributed by atoms with Crippen LogP contribution in [0.3, 0.4) is 0 Å². The van der Waals surface area contributed by atoms with Crippen LogP contribution in [0.1, 0.15) is 18.4 Å². The number of benzene rings is 3. The van der Waals surface area contributed by atoms with Crippen LogP contribution < -0.4 is 5.32 Å². The second-order valence-corrected chi connectivity index (χ2v) is 8.12. The Morgan fingerprint density at radius 1 is 0.929 bits per heavy atom.